The van der Waals surface area contributed by atoms with E-state index in [1.807, 2.05) is 31.3 Å². The zero-order valence-corrected chi connectivity index (χ0v) is 12.6. The average Bonchev–Trinajstić information content (AvgIpc) is 2.38. The van der Waals surface area contributed by atoms with E-state index in [4.69, 9.17) is 10.5 Å². The number of aromatic nitrogens is 1. The summed E-state index contributed by atoms with van der Waals surface area (Å²) in [6.45, 7) is 2.02. The van der Waals surface area contributed by atoms with Crippen LogP contribution >= 0.6 is 15.9 Å². The van der Waals surface area contributed by atoms with Crippen LogP contribution in [0.3, 0.4) is 0 Å². The van der Waals surface area contributed by atoms with Gasteiger partial charge < -0.3 is 10.5 Å². The molecule has 0 bridgehead atoms. The van der Waals surface area contributed by atoms with Crippen molar-refractivity contribution in [3.05, 3.63) is 57.8 Å². The fourth-order valence-corrected chi connectivity index (χ4v) is 2.48. The number of aryl methyl sites for hydroxylation is 1. The largest absolute Gasteiger partial charge is 0.496 e. The molecule has 0 aliphatic rings. The Morgan fingerprint density at radius 2 is 2.11 bits per heavy atom. The van der Waals surface area contributed by atoms with Gasteiger partial charge in [0.15, 0.2) is 0 Å². The average molecular weight is 321 g/mol. The highest BCUT2D eigenvalue weighted by atomic mass is 79.9. The van der Waals surface area contributed by atoms with E-state index < -0.39 is 0 Å². The molecule has 1 heterocycles. The summed E-state index contributed by atoms with van der Waals surface area (Å²) in [4.78, 5) is 4.15. The maximum atomic E-state index is 6.25. The molecule has 0 saturated carbocycles. The Balaban J connectivity index is 2.15. The van der Waals surface area contributed by atoms with Crippen molar-refractivity contribution in [3.63, 3.8) is 0 Å². The normalized spacial score (nSPS) is 12.2. The summed E-state index contributed by atoms with van der Waals surface area (Å²) in [5.41, 5.74) is 9.58. The molecule has 0 spiro atoms. The number of halogens is 1. The van der Waals surface area contributed by atoms with Crippen LogP contribution in [0.2, 0.25) is 0 Å². The molecule has 1 atom stereocenters. The van der Waals surface area contributed by atoms with E-state index in [0.717, 1.165) is 33.3 Å². The third-order valence-electron chi connectivity index (χ3n) is 3.06. The van der Waals surface area contributed by atoms with Gasteiger partial charge in [0.25, 0.3) is 0 Å². The van der Waals surface area contributed by atoms with E-state index in [-0.39, 0.29) is 6.04 Å². The third-order valence-corrected chi connectivity index (χ3v) is 3.50. The number of nitrogens with zero attached hydrogens (tertiary/aromatic N) is 1. The van der Waals surface area contributed by atoms with E-state index in [2.05, 4.69) is 27.0 Å². The molecular weight excluding hydrogens is 304 g/mol. The summed E-state index contributed by atoms with van der Waals surface area (Å²) in [7, 11) is 1.68. The van der Waals surface area contributed by atoms with Crippen LogP contribution in [-0.2, 0) is 6.42 Å². The first-order valence-corrected chi connectivity index (χ1v) is 6.89. The number of ether oxygens (including phenoxy) is 1. The second-order valence-electron chi connectivity index (χ2n) is 4.55. The molecule has 1 aromatic heterocycles. The molecule has 0 amide bonds. The van der Waals surface area contributed by atoms with Crippen molar-refractivity contribution < 1.29 is 4.74 Å². The minimum Gasteiger partial charge on any atom is -0.496 e. The van der Waals surface area contributed by atoms with Gasteiger partial charge in [-0.15, -0.1) is 0 Å². The number of nitrogens with two attached hydrogens (primary N) is 1. The lowest BCUT2D eigenvalue weighted by atomic mass is 9.99. The predicted octanol–water partition coefficient (Wildman–Crippen LogP) is 3.40. The van der Waals surface area contributed by atoms with Crippen LogP contribution in [0.4, 0.5) is 0 Å². The molecular formula is C15H17BrN2O. The van der Waals surface area contributed by atoms with Crippen LogP contribution in [0.15, 0.2) is 41.1 Å². The van der Waals surface area contributed by atoms with Gasteiger partial charge in [0.1, 0.15) is 5.75 Å². The summed E-state index contributed by atoms with van der Waals surface area (Å²) < 4.78 is 6.23. The lowest BCUT2D eigenvalue weighted by Crippen LogP contribution is -2.13. The first-order chi connectivity index (χ1) is 9.10. The molecule has 0 fully saturated rings. The maximum absolute atomic E-state index is 6.25. The minimum atomic E-state index is -0.0410. The molecule has 0 radical (unpaired) electrons. The van der Waals surface area contributed by atoms with E-state index >= 15 is 0 Å². The van der Waals surface area contributed by atoms with E-state index in [1.165, 1.54) is 0 Å². The molecule has 2 N–H and O–H groups in total. The van der Waals surface area contributed by atoms with Crippen molar-refractivity contribution >= 4 is 15.9 Å². The van der Waals surface area contributed by atoms with Crippen molar-refractivity contribution in [1.82, 2.24) is 4.98 Å². The highest BCUT2D eigenvalue weighted by Crippen LogP contribution is 2.23. The Bertz CT molecular complexity index is 572. The Hall–Kier alpha value is -1.39. The van der Waals surface area contributed by atoms with Gasteiger partial charge >= 0.3 is 0 Å². The Morgan fingerprint density at radius 3 is 2.74 bits per heavy atom. The molecule has 2 rings (SSSR count). The van der Waals surface area contributed by atoms with Gasteiger partial charge in [0.05, 0.1) is 7.11 Å². The molecule has 1 unspecified atom stereocenters. The molecule has 1 aromatic carbocycles. The fourth-order valence-electron chi connectivity index (χ4n) is 2.07. The first-order valence-electron chi connectivity index (χ1n) is 6.09. The standard InChI is InChI=1S/C15H17BrN2O/c1-10-5-12(3-4-15(10)19-2)14(17)7-11-6-13(16)9-18-8-11/h3-6,8-9,14H,7,17H2,1-2H3. The van der Waals surface area contributed by atoms with Gasteiger partial charge in [-0.05, 0) is 58.1 Å². The molecule has 2 aromatic rings. The first kappa shape index (κ1) is 14.0. The topological polar surface area (TPSA) is 48.1 Å². The van der Waals surface area contributed by atoms with Crippen molar-refractivity contribution in [2.24, 2.45) is 5.73 Å². The lowest BCUT2D eigenvalue weighted by Gasteiger charge is -2.14. The summed E-state index contributed by atoms with van der Waals surface area (Å²) in [6.07, 6.45) is 4.38. The Kier molecular flexibility index (Phi) is 4.56. The number of hydrogen-bond acceptors (Lipinski definition) is 3. The number of methoxy groups -OCH3 is 1. The van der Waals surface area contributed by atoms with Gasteiger partial charge in [-0.2, -0.15) is 0 Å². The van der Waals surface area contributed by atoms with Crippen molar-refractivity contribution in [3.8, 4) is 5.75 Å². The molecule has 0 saturated heterocycles. The molecule has 4 heteroatoms. The Labute approximate surface area is 121 Å². The number of rotatable bonds is 4. The second kappa shape index (κ2) is 6.17. The van der Waals surface area contributed by atoms with Crippen LogP contribution in [-0.4, -0.2) is 12.1 Å². The van der Waals surface area contributed by atoms with E-state index in [9.17, 15) is 0 Å². The van der Waals surface area contributed by atoms with Gasteiger partial charge in [-0.3, -0.25) is 4.98 Å². The van der Waals surface area contributed by atoms with Crippen molar-refractivity contribution in [2.75, 3.05) is 7.11 Å². The molecule has 0 aliphatic heterocycles. The third kappa shape index (κ3) is 3.55. The van der Waals surface area contributed by atoms with E-state index in [0.29, 0.717) is 0 Å². The van der Waals surface area contributed by atoms with Gasteiger partial charge in [0.2, 0.25) is 0 Å². The highest BCUT2D eigenvalue weighted by Gasteiger charge is 2.09. The van der Waals surface area contributed by atoms with Gasteiger partial charge in [0, 0.05) is 22.9 Å². The SMILES string of the molecule is COc1ccc(C(N)Cc2cncc(Br)c2)cc1C. The maximum Gasteiger partial charge on any atom is 0.121 e. The molecule has 100 valence electrons. The zero-order chi connectivity index (χ0) is 13.8. The summed E-state index contributed by atoms with van der Waals surface area (Å²) in [6, 6.07) is 8.06. The van der Waals surface area contributed by atoms with E-state index in [1.54, 1.807) is 13.3 Å². The smallest absolute Gasteiger partial charge is 0.121 e. The van der Waals surface area contributed by atoms with Gasteiger partial charge in [-0.25, -0.2) is 0 Å². The summed E-state index contributed by atoms with van der Waals surface area (Å²) in [5, 5.41) is 0. The van der Waals surface area contributed by atoms with Crippen molar-refractivity contribution in [2.45, 2.75) is 19.4 Å². The minimum absolute atomic E-state index is 0.0410. The fraction of sp³-hybridized carbons (Fsp3) is 0.267. The zero-order valence-electron chi connectivity index (χ0n) is 11.1. The summed E-state index contributed by atoms with van der Waals surface area (Å²) in [5.74, 6) is 0.889. The van der Waals surface area contributed by atoms with Crippen LogP contribution in [0.1, 0.15) is 22.7 Å². The highest BCUT2D eigenvalue weighted by molar-refractivity contribution is 9.10. The van der Waals surface area contributed by atoms with Crippen LogP contribution in [0, 0.1) is 6.92 Å². The predicted molar refractivity (Wildman–Crippen MR) is 80.3 cm³/mol. The van der Waals surface area contributed by atoms with Crippen LogP contribution in [0.25, 0.3) is 0 Å². The molecule has 0 aliphatic carbocycles. The molecule has 19 heavy (non-hydrogen) atoms. The number of hydrogen-bond donors (Lipinski definition) is 1. The van der Waals surface area contributed by atoms with Crippen molar-refractivity contribution in [1.29, 1.82) is 0 Å². The number of benzene rings is 1. The Morgan fingerprint density at radius 1 is 1.32 bits per heavy atom. The van der Waals surface area contributed by atoms with Crippen LogP contribution in [0.5, 0.6) is 5.75 Å². The number of pyridine rings is 1. The quantitative estimate of drug-likeness (QED) is 0.939. The summed E-state index contributed by atoms with van der Waals surface area (Å²) >= 11 is 3.42. The molecule has 3 nitrogen and oxygen atoms in total. The lowest BCUT2D eigenvalue weighted by molar-refractivity contribution is 0.411. The second-order valence-corrected chi connectivity index (χ2v) is 5.47. The van der Waals surface area contributed by atoms with Gasteiger partial charge in [-0.1, -0.05) is 12.1 Å². The van der Waals surface area contributed by atoms with Crippen LogP contribution < -0.4 is 10.5 Å². The monoisotopic (exact) mass is 320 g/mol.